The standard InChI is InChI=1S/C52H67N7O8S2Si/c1-34-38(25-53-59(34)33-51-28-49(5)27-50(6,29-51)31-52(30-49,32-51)66-22-23-67-70(7,8)48(2,3)4)36-18-19-42(55-44(36)46(63)57-69(64,65)24-12-17-43(60)61)58-21-20-35-13-11-14-37(39(35)26-58)45(62)56-47-54-40-15-9-10-16-41(40)68-47/h9-11,13-16,18-19,25H,12,17,20-24,26-33H2,1-8H3,(H,57,63)(H,60,61)(H,54,56,62). The van der Waals surface area contributed by atoms with E-state index in [2.05, 4.69) is 62.7 Å². The molecule has 0 spiro atoms. The quantitative estimate of drug-likeness (QED) is 0.0590. The summed E-state index contributed by atoms with van der Waals surface area (Å²) in [7, 11) is -6.16. The molecule has 4 bridgehead atoms. The lowest BCUT2D eigenvalue weighted by Crippen LogP contribution is -2.64. The molecule has 0 saturated heterocycles. The van der Waals surface area contributed by atoms with Crippen molar-refractivity contribution in [2.75, 3.05) is 35.7 Å². The first-order chi connectivity index (χ1) is 32.9. The van der Waals surface area contributed by atoms with Crippen molar-refractivity contribution in [1.29, 1.82) is 0 Å². The van der Waals surface area contributed by atoms with Crippen molar-refractivity contribution >= 4 is 68.6 Å². The number of carbonyl (C=O) groups is 3. The van der Waals surface area contributed by atoms with Crippen LogP contribution in [0.2, 0.25) is 18.1 Å². The Balaban J connectivity index is 0.991. The van der Waals surface area contributed by atoms with Gasteiger partial charge in [-0.1, -0.05) is 70.2 Å². The summed E-state index contributed by atoms with van der Waals surface area (Å²) in [6.45, 7) is 20.8. The lowest BCUT2D eigenvalue weighted by atomic mass is 9.39. The summed E-state index contributed by atoms with van der Waals surface area (Å²) < 4.78 is 45.3. The monoisotopic (exact) mass is 1010 g/mol. The molecule has 3 aromatic heterocycles. The van der Waals surface area contributed by atoms with Crippen LogP contribution in [0.5, 0.6) is 0 Å². The number of rotatable bonds is 17. The summed E-state index contributed by atoms with van der Waals surface area (Å²) in [5, 5.41) is 17.8. The van der Waals surface area contributed by atoms with E-state index in [1.165, 1.54) is 11.3 Å². The molecule has 1 aliphatic heterocycles. The van der Waals surface area contributed by atoms with E-state index in [0.29, 0.717) is 66.9 Å². The van der Waals surface area contributed by atoms with E-state index >= 15 is 0 Å². The molecule has 4 aliphatic carbocycles. The molecule has 3 N–H and O–H groups in total. The third-order valence-electron chi connectivity index (χ3n) is 15.8. The molecule has 4 fully saturated rings. The van der Waals surface area contributed by atoms with E-state index in [4.69, 9.17) is 19.2 Å². The minimum atomic E-state index is -4.23. The molecule has 0 radical (unpaired) electrons. The second-order valence-corrected chi connectivity index (χ2v) is 30.7. The molecule has 15 nitrogen and oxygen atoms in total. The average molecular weight is 1010 g/mol. The fraction of sp³-hybridized carbons (Fsp3) is 0.538. The number of fused-ring (bicyclic) bond motifs is 2. The molecule has 2 unspecified atom stereocenters. The minimum absolute atomic E-state index is 0.0758. The summed E-state index contributed by atoms with van der Waals surface area (Å²) in [5.41, 5.74) is 4.85. The van der Waals surface area contributed by atoms with Crippen LogP contribution in [0.1, 0.15) is 124 Å². The van der Waals surface area contributed by atoms with Crippen molar-refractivity contribution in [2.45, 2.75) is 136 Å². The molecule has 2 amide bonds. The Bertz CT molecular complexity index is 2930. The number of hydrogen-bond donors (Lipinski definition) is 3. The van der Waals surface area contributed by atoms with Crippen LogP contribution in [0, 0.1) is 23.2 Å². The lowest BCUT2D eigenvalue weighted by molar-refractivity contribution is -0.249. The molecular formula is C52H67N7O8S2Si. The fourth-order valence-electron chi connectivity index (χ4n) is 12.9. The number of aliphatic carboxylic acids is 1. The maximum Gasteiger partial charge on any atom is 0.303 e. The smallest absolute Gasteiger partial charge is 0.303 e. The summed E-state index contributed by atoms with van der Waals surface area (Å²) >= 11 is 1.40. The van der Waals surface area contributed by atoms with Gasteiger partial charge in [0, 0.05) is 48.4 Å². The number of benzene rings is 2. The maximum absolute atomic E-state index is 14.3. The van der Waals surface area contributed by atoms with Gasteiger partial charge in [-0.15, -0.1) is 0 Å². The number of para-hydroxylation sites is 1. The van der Waals surface area contributed by atoms with Crippen molar-refractivity contribution < 1.29 is 37.1 Å². The van der Waals surface area contributed by atoms with E-state index < -0.39 is 36.0 Å². The van der Waals surface area contributed by atoms with Crippen LogP contribution in [0.4, 0.5) is 10.9 Å². The Labute approximate surface area is 416 Å². The Morgan fingerprint density at radius 2 is 1.64 bits per heavy atom. The van der Waals surface area contributed by atoms with Gasteiger partial charge in [-0.05, 0) is 134 Å². The maximum atomic E-state index is 14.3. The Hall–Kier alpha value is -5.01. The molecule has 5 aliphatic rings. The van der Waals surface area contributed by atoms with Crippen molar-refractivity contribution in [2.24, 2.45) is 16.2 Å². The van der Waals surface area contributed by atoms with Gasteiger partial charge in [-0.2, -0.15) is 5.10 Å². The predicted octanol–water partition coefficient (Wildman–Crippen LogP) is 9.76. The molecule has 18 heteroatoms. The third-order valence-corrected chi connectivity index (χ3v) is 22.6. The highest BCUT2D eigenvalue weighted by atomic mass is 32.2. The number of carboxylic acid groups (broad SMARTS) is 1. The summed E-state index contributed by atoms with van der Waals surface area (Å²) in [5.74, 6) is -2.45. The molecule has 2 atom stereocenters. The van der Waals surface area contributed by atoms with E-state index in [0.717, 1.165) is 65.6 Å². The number of carboxylic acids is 1. The van der Waals surface area contributed by atoms with E-state index in [-0.39, 0.29) is 51.3 Å². The van der Waals surface area contributed by atoms with Crippen LogP contribution in [-0.4, -0.2) is 90.5 Å². The second-order valence-electron chi connectivity index (χ2n) is 23.0. The Morgan fingerprint density at radius 1 is 0.900 bits per heavy atom. The molecule has 5 aromatic rings. The summed E-state index contributed by atoms with van der Waals surface area (Å²) in [4.78, 5) is 50.9. The van der Waals surface area contributed by atoms with E-state index in [1.54, 1.807) is 18.3 Å². The van der Waals surface area contributed by atoms with Gasteiger partial charge in [0.2, 0.25) is 10.0 Å². The molecule has 10 rings (SSSR count). The third kappa shape index (κ3) is 10.2. The zero-order valence-electron chi connectivity index (χ0n) is 41.7. The Kier molecular flexibility index (Phi) is 13.0. The first kappa shape index (κ1) is 49.9. The van der Waals surface area contributed by atoms with Gasteiger partial charge in [0.25, 0.3) is 11.8 Å². The fourth-order valence-corrected chi connectivity index (χ4v) is 15.8. The molecular weight excluding hydrogens is 943 g/mol. The van der Waals surface area contributed by atoms with Gasteiger partial charge in [-0.3, -0.25) is 24.4 Å². The minimum Gasteiger partial charge on any atom is -0.481 e. The number of nitrogens with one attached hydrogen (secondary N) is 2. The molecule has 4 saturated carbocycles. The summed E-state index contributed by atoms with van der Waals surface area (Å²) in [6, 6.07) is 17.0. The van der Waals surface area contributed by atoms with Crippen LogP contribution in [-0.2, 0) is 43.5 Å². The summed E-state index contributed by atoms with van der Waals surface area (Å²) in [6.07, 6.45) is 8.07. The second kappa shape index (κ2) is 18.2. The van der Waals surface area contributed by atoms with Crippen LogP contribution in [0.3, 0.4) is 0 Å². The molecule has 2 aromatic carbocycles. The normalized spacial score (nSPS) is 24.2. The van der Waals surface area contributed by atoms with Crippen LogP contribution >= 0.6 is 11.3 Å². The lowest BCUT2D eigenvalue weighted by Gasteiger charge is -2.69. The molecule has 70 heavy (non-hydrogen) atoms. The number of aromatic nitrogens is 4. The van der Waals surface area contributed by atoms with Gasteiger partial charge in [0.05, 0.1) is 41.0 Å². The SMILES string of the molecule is Cc1c(-c2ccc(N3CCc4cccc(C(=O)Nc5nc6ccccc6s5)c4C3)nc2C(=O)NS(=O)(=O)CCCC(=O)O)cnn1CC12CC3(C)CC(C)(C1)CC(OCCO[Si](C)(C)C(C)(C)C)(C3)C2. The number of ether oxygens (including phenoxy) is 1. The van der Waals surface area contributed by atoms with Gasteiger partial charge >= 0.3 is 5.97 Å². The first-order valence-electron chi connectivity index (χ1n) is 24.5. The zero-order valence-corrected chi connectivity index (χ0v) is 44.4. The number of anilines is 2. The number of pyridine rings is 1. The van der Waals surface area contributed by atoms with Crippen molar-refractivity contribution in [3.8, 4) is 11.1 Å². The zero-order chi connectivity index (χ0) is 50.1. The van der Waals surface area contributed by atoms with Crippen LogP contribution in [0.25, 0.3) is 21.3 Å². The number of sulfonamides is 1. The molecule has 4 heterocycles. The van der Waals surface area contributed by atoms with Gasteiger partial charge in [-0.25, -0.2) is 23.1 Å². The average Bonchev–Trinajstić information content (AvgIpc) is 3.83. The molecule has 374 valence electrons. The predicted molar refractivity (Wildman–Crippen MR) is 275 cm³/mol. The number of amides is 2. The van der Waals surface area contributed by atoms with Gasteiger partial charge < -0.3 is 19.2 Å². The highest BCUT2D eigenvalue weighted by molar-refractivity contribution is 7.90. The number of carbonyl (C=O) groups excluding carboxylic acids is 2. The van der Waals surface area contributed by atoms with E-state index in [1.807, 2.05) is 59.0 Å². The van der Waals surface area contributed by atoms with Crippen molar-refractivity contribution in [3.05, 3.63) is 88.9 Å². The number of thiazole rings is 1. The van der Waals surface area contributed by atoms with Gasteiger partial charge in [0.1, 0.15) is 11.5 Å². The van der Waals surface area contributed by atoms with Crippen LogP contribution in [0.15, 0.2) is 60.8 Å². The largest absolute Gasteiger partial charge is 0.481 e. The topological polar surface area (TPSA) is 195 Å². The number of hydrogen-bond acceptors (Lipinski definition) is 12. The van der Waals surface area contributed by atoms with Crippen molar-refractivity contribution in [1.82, 2.24) is 24.5 Å². The highest BCUT2D eigenvalue weighted by Gasteiger charge is 2.66. The van der Waals surface area contributed by atoms with Crippen LogP contribution < -0.4 is 14.9 Å². The van der Waals surface area contributed by atoms with Gasteiger partial charge in [0.15, 0.2) is 13.4 Å². The highest BCUT2D eigenvalue weighted by Crippen LogP contribution is 2.72. The number of nitrogens with zero attached hydrogens (tertiary/aromatic N) is 5. The first-order valence-corrected chi connectivity index (χ1v) is 29.9. The van der Waals surface area contributed by atoms with Crippen molar-refractivity contribution in [3.63, 3.8) is 0 Å². The Morgan fingerprint density at radius 3 is 2.36 bits per heavy atom. The van der Waals surface area contributed by atoms with E-state index in [9.17, 15) is 27.9 Å².